The van der Waals surface area contributed by atoms with E-state index in [4.69, 9.17) is 0 Å². The summed E-state index contributed by atoms with van der Waals surface area (Å²) in [7, 11) is 0. The fourth-order valence-corrected chi connectivity index (χ4v) is 2.55. The molecule has 0 radical (unpaired) electrons. The molecule has 108 valence electrons. The van der Waals surface area contributed by atoms with Crippen LogP contribution in [0.2, 0.25) is 0 Å². The third-order valence-corrected chi connectivity index (χ3v) is 3.62. The van der Waals surface area contributed by atoms with Gasteiger partial charge in [-0.05, 0) is 18.9 Å². The van der Waals surface area contributed by atoms with Crippen molar-refractivity contribution in [1.29, 1.82) is 0 Å². The maximum atomic E-state index is 11.0. The van der Waals surface area contributed by atoms with Crippen LogP contribution in [0.15, 0.2) is 18.2 Å². The lowest BCUT2D eigenvalue weighted by Gasteiger charge is -2.20. The van der Waals surface area contributed by atoms with Gasteiger partial charge in [-0.2, -0.15) is 0 Å². The van der Waals surface area contributed by atoms with Gasteiger partial charge in [0.2, 0.25) is 0 Å². The SMILES string of the molecule is O=[N+]([O-])c1ccc(NC2CCCC2CO)c([N+](=O)[O-])c1. The van der Waals surface area contributed by atoms with Gasteiger partial charge in [0.05, 0.1) is 15.9 Å². The van der Waals surface area contributed by atoms with Crippen LogP contribution in [-0.2, 0) is 0 Å². The summed E-state index contributed by atoms with van der Waals surface area (Å²) < 4.78 is 0. The number of aliphatic hydroxyl groups is 1. The molecule has 2 atom stereocenters. The zero-order valence-corrected chi connectivity index (χ0v) is 10.7. The Bertz CT molecular complexity index is 534. The molecule has 1 aromatic carbocycles. The molecule has 2 N–H and O–H groups in total. The molecule has 0 saturated heterocycles. The summed E-state index contributed by atoms with van der Waals surface area (Å²) in [6.07, 6.45) is 2.64. The summed E-state index contributed by atoms with van der Waals surface area (Å²) in [6.45, 7) is 0.0262. The van der Waals surface area contributed by atoms with E-state index in [1.807, 2.05) is 0 Å². The van der Waals surface area contributed by atoms with E-state index in [0.717, 1.165) is 25.3 Å². The van der Waals surface area contributed by atoms with Crippen molar-refractivity contribution in [2.45, 2.75) is 25.3 Å². The fraction of sp³-hybridized carbons (Fsp3) is 0.500. The molecule has 1 fully saturated rings. The third-order valence-electron chi connectivity index (χ3n) is 3.62. The number of benzene rings is 1. The first kappa shape index (κ1) is 14.2. The van der Waals surface area contributed by atoms with Gasteiger partial charge in [-0.25, -0.2) is 0 Å². The molecule has 1 saturated carbocycles. The highest BCUT2D eigenvalue weighted by molar-refractivity contribution is 5.65. The molecular formula is C12H15N3O5. The molecule has 0 spiro atoms. The molecule has 8 nitrogen and oxygen atoms in total. The van der Waals surface area contributed by atoms with Crippen molar-refractivity contribution in [3.8, 4) is 0 Å². The first-order chi connectivity index (χ1) is 9.52. The standard InChI is InChI=1S/C12H15N3O5/c16-7-8-2-1-3-10(8)13-11-5-4-9(14(17)18)6-12(11)15(19)20/h4-6,8,10,13,16H,1-3,7H2. The van der Waals surface area contributed by atoms with Gasteiger partial charge < -0.3 is 10.4 Å². The Balaban J connectivity index is 2.27. The van der Waals surface area contributed by atoms with Gasteiger partial charge in [0, 0.05) is 24.6 Å². The van der Waals surface area contributed by atoms with Crippen molar-refractivity contribution in [2.24, 2.45) is 5.92 Å². The fourth-order valence-electron chi connectivity index (χ4n) is 2.55. The number of nitro groups is 2. The van der Waals surface area contributed by atoms with Crippen molar-refractivity contribution in [3.05, 3.63) is 38.4 Å². The second-order valence-corrected chi connectivity index (χ2v) is 4.84. The number of anilines is 1. The summed E-state index contributed by atoms with van der Waals surface area (Å²) in [5.41, 5.74) is -0.374. The van der Waals surface area contributed by atoms with Crippen LogP contribution in [0.3, 0.4) is 0 Å². The Hall–Kier alpha value is -2.22. The van der Waals surface area contributed by atoms with Crippen molar-refractivity contribution in [1.82, 2.24) is 0 Å². The smallest absolute Gasteiger partial charge is 0.299 e. The quantitative estimate of drug-likeness (QED) is 0.630. The number of non-ortho nitro benzene ring substituents is 1. The minimum absolute atomic E-state index is 0.0262. The molecule has 0 aromatic heterocycles. The highest BCUT2D eigenvalue weighted by Gasteiger charge is 2.29. The third kappa shape index (κ3) is 2.85. The molecule has 0 bridgehead atoms. The number of nitrogens with zero attached hydrogens (tertiary/aromatic N) is 2. The van der Waals surface area contributed by atoms with Gasteiger partial charge in [-0.3, -0.25) is 20.2 Å². The average Bonchev–Trinajstić information content (AvgIpc) is 2.85. The number of hydrogen-bond acceptors (Lipinski definition) is 6. The zero-order valence-electron chi connectivity index (χ0n) is 10.7. The van der Waals surface area contributed by atoms with E-state index < -0.39 is 9.85 Å². The lowest BCUT2D eigenvalue weighted by molar-refractivity contribution is -0.393. The van der Waals surface area contributed by atoms with Gasteiger partial charge in [-0.1, -0.05) is 6.42 Å². The van der Waals surface area contributed by atoms with E-state index in [1.165, 1.54) is 12.1 Å². The Morgan fingerprint density at radius 2 is 2.00 bits per heavy atom. The van der Waals surface area contributed by atoms with E-state index in [9.17, 15) is 25.3 Å². The van der Waals surface area contributed by atoms with Crippen molar-refractivity contribution in [3.63, 3.8) is 0 Å². The lowest BCUT2D eigenvalue weighted by Crippen LogP contribution is -2.26. The summed E-state index contributed by atoms with van der Waals surface area (Å²) in [5, 5.41) is 34.0. The Morgan fingerprint density at radius 1 is 1.25 bits per heavy atom. The van der Waals surface area contributed by atoms with Crippen LogP contribution in [0.4, 0.5) is 17.1 Å². The lowest BCUT2D eigenvalue weighted by atomic mass is 10.0. The Kier molecular flexibility index (Phi) is 4.14. The minimum Gasteiger partial charge on any atom is -0.396 e. The van der Waals surface area contributed by atoms with E-state index in [0.29, 0.717) is 0 Å². The molecule has 8 heteroatoms. The second kappa shape index (κ2) is 5.83. The summed E-state index contributed by atoms with van der Waals surface area (Å²) in [4.78, 5) is 20.4. The molecule has 1 aliphatic rings. The number of rotatable bonds is 5. The van der Waals surface area contributed by atoms with Crippen LogP contribution in [0, 0.1) is 26.1 Å². The van der Waals surface area contributed by atoms with Crippen LogP contribution < -0.4 is 5.32 Å². The van der Waals surface area contributed by atoms with Crippen molar-refractivity contribution in [2.75, 3.05) is 11.9 Å². The zero-order chi connectivity index (χ0) is 14.7. The Morgan fingerprint density at radius 3 is 2.60 bits per heavy atom. The van der Waals surface area contributed by atoms with Gasteiger partial charge in [0.15, 0.2) is 0 Å². The molecule has 1 aromatic rings. The summed E-state index contributed by atoms with van der Waals surface area (Å²) in [5.74, 6) is 0.0600. The van der Waals surface area contributed by atoms with Crippen molar-refractivity contribution >= 4 is 17.1 Å². The van der Waals surface area contributed by atoms with E-state index in [1.54, 1.807) is 0 Å². The highest BCUT2D eigenvalue weighted by Crippen LogP contribution is 2.33. The maximum absolute atomic E-state index is 11.0. The largest absolute Gasteiger partial charge is 0.396 e. The highest BCUT2D eigenvalue weighted by atomic mass is 16.6. The molecule has 2 rings (SSSR count). The van der Waals surface area contributed by atoms with Crippen LogP contribution >= 0.6 is 0 Å². The molecule has 20 heavy (non-hydrogen) atoms. The number of hydrogen-bond donors (Lipinski definition) is 2. The minimum atomic E-state index is -0.664. The van der Waals surface area contributed by atoms with Gasteiger partial charge in [0.1, 0.15) is 5.69 Å². The van der Waals surface area contributed by atoms with Crippen LogP contribution in [0.1, 0.15) is 19.3 Å². The van der Waals surface area contributed by atoms with Gasteiger partial charge in [0.25, 0.3) is 11.4 Å². The topological polar surface area (TPSA) is 119 Å². The monoisotopic (exact) mass is 281 g/mol. The van der Waals surface area contributed by atoms with E-state index in [-0.39, 0.29) is 35.6 Å². The summed E-state index contributed by atoms with van der Waals surface area (Å²) in [6, 6.07) is 3.49. The Labute approximate surface area is 114 Å². The predicted molar refractivity (Wildman–Crippen MR) is 71.6 cm³/mol. The molecule has 2 unspecified atom stereocenters. The molecule has 0 aliphatic heterocycles. The van der Waals surface area contributed by atoms with Gasteiger partial charge in [-0.15, -0.1) is 0 Å². The second-order valence-electron chi connectivity index (χ2n) is 4.84. The molecular weight excluding hydrogens is 266 g/mol. The molecule has 0 heterocycles. The normalized spacial score (nSPS) is 21.6. The van der Waals surface area contributed by atoms with Crippen molar-refractivity contribution < 1.29 is 15.0 Å². The first-order valence-electron chi connectivity index (χ1n) is 6.33. The number of nitrogens with one attached hydrogen (secondary N) is 1. The van der Waals surface area contributed by atoms with Crippen LogP contribution in [0.5, 0.6) is 0 Å². The maximum Gasteiger partial charge on any atom is 0.299 e. The number of aliphatic hydroxyl groups excluding tert-OH is 1. The number of nitro benzene ring substituents is 2. The molecule has 0 amide bonds. The summed E-state index contributed by atoms with van der Waals surface area (Å²) >= 11 is 0. The molecule has 1 aliphatic carbocycles. The van der Waals surface area contributed by atoms with E-state index in [2.05, 4.69) is 5.32 Å². The van der Waals surface area contributed by atoms with Crippen LogP contribution in [0.25, 0.3) is 0 Å². The van der Waals surface area contributed by atoms with E-state index >= 15 is 0 Å². The van der Waals surface area contributed by atoms with Gasteiger partial charge >= 0.3 is 0 Å². The first-order valence-corrected chi connectivity index (χ1v) is 6.33. The predicted octanol–water partition coefficient (Wildman–Crippen LogP) is 2.08. The average molecular weight is 281 g/mol. The van der Waals surface area contributed by atoms with Crippen LogP contribution in [-0.4, -0.2) is 27.6 Å².